The first-order valence-electron chi connectivity index (χ1n) is 7.15. The van der Waals surface area contributed by atoms with E-state index < -0.39 is 5.97 Å². The molecule has 1 N–H and O–H groups in total. The highest BCUT2D eigenvalue weighted by Gasteiger charge is 2.16. The molecule has 1 aromatic carbocycles. The molecule has 1 amide bonds. The molecular weight excluding hydrogens is 298 g/mol. The predicted octanol–water partition coefficient (Wildman–Crippen LogP) is 2.21. The van der Waals surface area contributed by atoms with Gasteiger partial charge in [0, 0.05) is 31.0 Å². The van der Waals surface area contributed by atoms with Gasteiger partial charge in [0.15, 0.2) is 0 Å². The zero-order valence-corrected chi connectivity index (χ0v) is 12.7. The number of aliphatic carboxylic acids is 1. The molecule has 1 aromatic heterocycles. The fourth-order valence-electron chi connectivity index (χ4n) is 1.97. The molecule has 23 heavy (non-hydrogen) atoms. The summed E-state index contributed by atoms with van der Waals surface area (Å²) in [6.07, 6.45) is 4.43. The molecule has 0 bridgehead atoms. The Morgan fingerprint density at radius 2 is 2.13 bits per heavy atom. The van der Waals surface area contributed by atoms with E-state index >= 15 is 0 Å². The summed E-state index contributed by atoms with van der Waals surface area (Å²) in [5, 5.41) is 8.75. The maximum atomic E-state index is 12.4. The molecule has 0 unspecified atom stereocenters. The van der Waals surface area contributed by atoms with Crippen LogP contribution < -0.4 is 4.74 Å². The normalized spacial score (nSPS) is 10.1. The maximum Gasteiger partial charge on any atom is 0.305 e. The number of carbonyl (C=O) groups is 2. The number of nitrogens with zero attached hydrogens (tertiary/aromatic N) is 3. The van der Waals surface area contributed by atoms with E-state index in [1.54, 1.807) is 31.2 Å². The molecule has 120 valence electrons. The van der Waals surface area contributed by atoms with Crippen LogP contribution in [0.5, 0.6) is 11.6 Å². The minimum absolute atomic E-state index is 0.0879. The average Bonchev–Trinajstić information content (AvgIpc) is 2.56. The van der Waals surface area contributed by atoms with Crippen molar-refractivity contribution in [2.45, 2.75) is 13.3 Å². The Labute approximate surface area is 133 Å². The van der Waals surface area contributed by atoms with Gasteiger partial charge in [0.05, 0.1) is 12.6 Å². The van der Waals surface area contributed by atoms with Crippen LogP contribution in [0.2, 0.25) is 0 Å². The van der Waals surface area contributed by atoms with E-state index in [0.29, 0.717) is 23.7 Å². The lowest BCUT2D eigenvalue weighted by Gasteiger charge is -2.20. The van der Waals surface area contributed by atoms with Crippen molar-refractivity contribution in [1.82, 2.24) is 14.9 Å². The van der Waals surface area contributed by atoms with Crippen molar-refractivity contribution in [3.05, 3.63) is 48.4 Å². The fraction of sp³-hybridized carbons (Fsp3) is 0.250. The van der Waals surface area contributed by atoms with Crippen LogP contribution in [0.15, 0.2) is 42.9 Å². The number of ether oxygens (including phenoxy) is 1. The standard InChI is InChI=1S/C16H17N3O4/c1-2-19(9-6-15(20)21)16(22)12-4-3-5-13(10-12)23-14-11-17-7-8-18-14/h3-5,7-8,10-11H,2,6,9H2,1H3,(H,20,21). The van der Waals surface area contributed by atoms with Gasteiger partial charge in [-0.15, -0.1) is 0 Å². The second kappa shape index (κ2) is 7.88. The Balaban J connectivity index is 2.11. The summed E-state index contributed by atoms with van der Waals surface area (Å²) < 4.78 is 5.54. The van der Waals surface area contributed by atoms with Crippen LogP contribution in [0.25, 0.3) is 0 Å². The number of aromatic nitrogens is 2. The second-order valence-electron chi connectivity index (χ2n) is 4.70. The first-order chi connectivity index (χ1) is 11.1. The second-order valence-corrected chi connectivity index (χ2v) is 4.70. The average molecular weight is 315 g/mol. The zero-order valence-electron chi connectivity index (χ0n) is 12.7. The van der Waals surface area contributed by atoms with Gasteiger partial charge < -0.3 is 14.7 Å². The lowest BCUT2D eigenvalue weighted by molar-refractivity contribution is -0.137. The molecular formula is C16H17N3O4. The number of rotatable bonds is 7. The van der Waals surface area contributed by atoms with Crippen molar-refractivity contribution < 1.29 is 19.4 Å². The van der Waals surface area contributed by atoms with Crippen LogP contribution in [0.1, 0.15) is 23.7 Å². The van der Waals surface area contributed by atoms with Crippen molar-refractivity contribution >= 4 is 11.9 Å². The number of carboxylic acid groups (broad SMARTS) is 1. The molecule has 2 aromatic rings. The number of hydrogen-bond acceptors (Lipinski definition) is 5. The molecule has 0 fully saturated rings. The Hall–Kier alpha value is -2.96. The van der Waals surface area contributed by atoms with Crippen LogP contribution in [0, 0.1) is 0 Å². The molecule has 0 saturated heterocycles. The van der Waals surface area contributed by atoms with E-state index in [1.165, 1.54) is 23.5 Å². The number of hydrogen-bond donors (Lipinski definition) is 1. The van der Waals surface area contributed by atoms with Crippen molar-refractivity contribution in [3.63, 3.8) is 0 Å². The van der Waals surface area contributed by atoms with Gasteiger partial charge in [-0.2, -0.15) is 0 Å². The molecule has 0 saturated carbocycles. The van der Waals surface area contributed by atoms with Gasteiger partial charge in [0.25, 0.3) is 5.91 Å². The summed E-state index contributed by atoms with van der Waals surface area (Å²) in [6.45, 7) is 2.40. The highest BCUT2D eigenvalue weighted by atomic mass is 16.5. The minimum Gasteiger partial charge on any atom is -0.481 e. The first kappa shape index (κ1) is 16.4. The largest absolute Gasteiger partial charge is 0.481 e. The van der Waals surface area contributed by atoms with E-state index in [2.05, 4.69) is 9.97 Å². The monoisotopic (exact) mass is 315 g/mol. The predicted molar refractivity (Wildman–Crippen MR) is 82.4 cm³/mol. The zero-order chi connectivity index (χ0) is 16.7. The quantitative estimate of drug-likeness (QED) is 0.842. The third kappa shape index (κ3) is 4.77. The Morgan fingerprint density at radius 3 is 2.78 bits per heavy atom. The molecule has 0 radical (unpaired) electrons. The lowest BCUT2D eigenvalue weighted by Crippen LogP contribution is -2.32. The van der Waals surface area contributed by atoms with Crippen LogP contribution in [-0.2, 0) is 4.79 Å². The topological polar surface area (TPSA) is 92.6 Å². The van der Waals surface area contributed by atoms with Gasteiger partial charge in [-0.25, -0.2) is 4.98 Å². The maximum absolute atomic E-state index is 12.4. The molecule has 2 rings (SSSR count). The Morgan fingerprint density at radius 1 is 1.30 bits per heavy atom. The summed E-state index contributed by atoms with van der Waals surface area (Å²) in [5.41, 5.74) is 0.429. The number of benzene rings is 1. The third-order valence-electron chi connectivity index (χ3n) is 3.11. The summed E-state index contributed by atoms with van der Waals surface area (Å²) >= 11 is 0. The van der Waals surface area contributed by atoms with Gasteiger partial charge in [-0.3, -0.25) is 14.6 Å². The number of carboxylic acids is 1. The van der Waals surface area contributed by atoms with Gasteiger partial charge in [0.2, 0.25) is 5.88 Å². The Bertz CT molecular complexity index is 676. The Kier molecular flexibility index (Phi) is 5.62. The summed E-state index contributed by atoms with van der Waals surface area (Å²) in [4.78, 5) is 32.5. The number of carbonyl (C=O) groups excluding carboxylic acids is 1. The van der Waals surface area contributed by atoms with E-state index in [4.69, 9.17) is 9.84 Å². The van der Waals surface area contributed by atoms with Crippen molar-refractivity contribution in [2.24, 2.45) is 0 Å². The van der Waals surface area contributed by atoms with E-state index in [-0.39, 0.29) is 18.9 Å². The fourth-order valence-corrected chi connectivity index (χ4v) is 1.97. The van der Waals surface area contributed by atoms with Crippen molar-refractivity contribution in [1.29, 1.82) is 0 Å². The molecule has 0 atom stereocenters. The molecule has 0 aliphatic heterocycles. The third-order valence-corrected chi connectivity index (χ3v) is 3.11. The smallest absolute Gasteiger partial charge is 0.305 e. The van der Waals surface area contributed by atoms with Crippen LogP contribution in [-0.4, -0.2) is 44.9 Å². The summed E-state index contributed by atoms with van der Waals surface area (Å²) in [5.74, 6) is -0.379. The van der Waals surface area contributed by atoms with E-state index in [9.17, 15) is 9.59 Å². The number of amides is 1. The summed E-state index contributed by atoms with van der Waals surface area (Å²) in [7, 11) is 0. The van der Waals surface area contributed by atoms with E-state index in [1.807, 2.05) is 0 Å². The molecule has 0 aliphatic carbocycles. The van der Waals surface area contributed by atoms with Crippen LogP contribution >= 0.6 is 0 Å². The highest BCUT2D eigenvalue weighted by molar-refractivity contribution is 5.94. The molecule has 0 spiro atoms. The molecule has 0 aliphatic rings. The van der Waals surface area contributed by atoms with Gasteiger partial charge >= 0.3 is 5.97 Å². The SMILES string of the molecule is CCN(CCC(=O)O)C(=O)c1cccc(Oc2cnccn2)c1. The van der Waals surface area contributed by atoms with E-state index in [0.717, 1.165) is 0 Å². The molecule has 7 heteroatoms. The van der Waals surface area contributed by atoms with Crippen molar-refractivity contribution in [3.8, 4) is 11.6 Å². The van der Waals surface area contributed by atoms with Gasteiger partial charge in [-0.05, 0) is 25.1 Å². The van der Waals surface area contributed by atoms with Crippen molar-refractivity contribution in [2.75, 3.05) is 13.1 Å². The first-order valence-corrected chi connectivity index (χ1v) is 7.15. The van der Waals surface area contributed by atoms with Gasteiger partial charge in [0.1, 0.15) is 5.75 Å². The highest BCUT2D eigenvalue weighted by Crippen LogP contribution is 2.20. The minimum atomic E-state index is -0.934. The van der Waals surface area contributed by atoms with Gasteiger partial charge in [-0.1, -0.05) is 6.07 Å². The molecule has 7 nitrogen and oxygen atoms in total. The van der Waals surface area contributed by atoms with Crippen LogP contribution in [0.4, 0.5) is 0 Å². The van der Waals surface area contributed by atoms with Crippen LogP contribution in [0.3, 0.4) is 0 Å². The molecule has 1 heterocycles. The lowest BCUT2D eigenvalue weighted by atomic mass is 10.2. The summed E-state index contributed by atoms with van der Waals surface area (Å²) in [6, 6.07) is 6.67.